The lowest BCUT2D eigenvalue weighted by Crippen LogP contribution is -2.25. The second kappa shape index (κ2) is 5.89. The van der Waals surface area contributed by atoms with Gasteiger partial charge in [-0.3, -0.25) is 4.79 Å². The number of hydrogen-bond acceptors (Lipinski definition) is 2. The van der Waals surface area contributed by atoms with Crippen LogP contribution in [0.15, 0.2) is 12.1 Å². The van der Waals surface area contributed by atoms with Crippen LogP contribution >= 0.6 is 0 Å². The SMILES string of the molecule is N#CCC(=O)NCCc1ccc(F)c(F)c1F. The van der Waals surface area contributed by atoms with Crippen LogP contribution < -0.4 is 5.32 Å². The van der Waals surface area contributed by atoms with Gasteiger partial charge in [0.05, 0.1) is 6.07 Å². The molecule has 0 atom stereocenters. The Labute approximate surface area is 95.9 Å². The average molecular weight is 242 g/mol. The van der Waals surface area contributed by atoms with Crippen molar-refractivity contribution in [3.05, 3.63) is 35.1 Å². The summed E-state index contributed by atoms with van der Waals surface area (Å²) in [6.45, 7) is 0.0580. The summed E-state index contributed by atoms with van der Waals surface area (Å²) < 4.78 is 38.6. The van der Waals surface area contributed by atoms with Crippen molar-refractivity contribution in [2.75, 3.05) is 6.54 Å². The van der Waals surface area contributed by atoms with Crippen LogP contribution in [-0.2, 0) is 11.2 Å². The predicted molar refractivity (Wildman–Crippen MR) is 53.3 cm³/mol. The zero-order valence-electron chi connectivity index (χ0n) is 8.77. The van der Waals surface area contributed by atoms with Crippen molar-refractivity contribution < 1.29 is 18.0 Å². The summed E-state index contributed by atoms with van der Waals surface area (Å²) in [6.07, 6.45) is -0.263. The van der Waals surface area contributed by atoms with E-state index in [1.165, 1.54) is 0 Å². The van der Waals surface area contributed by atoms with Crippen LogP contribution in [0.3, 0.4) is 0 Å². The molecule has 1 rings (SSSR count). The van der Waals surface area contributed by atoms with Gasteiger partial charge in [0.25, 0.3) is 0 Å². The molecule has 3 nitrogen and oxygen atoms in total. The Morgan fingerprint density at radius 2 is 2.00 bits per heavy atom. The van der Waals surface area contributed by atoms with Gasteiger partial charge in [0.1, 0.15) is 6.42 Å². The minimum atomic E-state index is -1.52. The lowest BCUT2D eigenvalue weighted by molar-refractivity contribution is -0.120. The molecule has 6 heteroatoms. The summed E-state index contributed by atoms with van der Waals surface area (Å²) in [7, 11) is 0. The van der Waals surface area contributed by atoms with Crippen molar-refractivity contribution in [3.8, 4) is 6.07 Å². The van der Waals surface area contributed by atoms with Gasteiger partial charge in [-0.15, -0.1) is 0 Å². The Balaban J connectivity index is 2.56. The molecule has 0 radical (unpaired) electrons. The molecule has 0 spiro atoms. The maximum atomic E-state index is 13.2. The maximum absolute atomic E-state index is 13.2. The van der Waals surface area contributed by atoms with E-state index >= 15 is 0 Å². The molecule has 1 amide bonds. The monoisotopic (exact) mass is 242 g/mol. The largest absolute Gasteiger partial charge is 0.355 e. The van der Waals surface area contributed by atoms with Crippen LogP contribution in [0.4, 0.5) is 13.2 Å². The first-order chi connectivity index (χ1) is 8.06. The molecule has 0 aliphatic rings. The molecule has 0 aromatic heterocycles. The number of carbonyl (C=O) groups is 1. The van der Waals surface area contributed by atoms with Gasteiger partial charge in [0.2, 0.25) is 5.91 Å². The lowest BCUT2D eigenvalue weighted by atomic mass is 10.1. The van der Waals surface area contributed by atoms with Crippen molar-refractivity contribution in [3.63, 3.8) is 0 Å². The number of carbonyl (C=O) groups excluding carboxylic acids is 1. The van der Waals surface area contributed by atoms with Crippen molar-refractivity contribution in [1.29, 1.82) is 5.26 Å². The number of amides is 1. The van der Waals surface area contributed by atoms with Gasteiger partial charge in [-0.1, -0.05) is 6.07 Å². The van der Waals surface area contributed by atoms with Crippen LogP contribution in [0.1, 0.15) is 12.0 Å². The molecule has 0 heterocycles. The zero-order chi connectivity index (χ0) is 12.8. The average Bonchev–Trinajstić information content (AvgIpc) is 2.29. The minimum absolute atomic E-state index is 0.0267. The Hall–Kier alpha value is -2.03. The second-order valence-electron chi connectivity index (χ2n) is 3.27. The van der Waals surface area contributed by atoms with Gasteiger partial charge in [0.15, 0.2) is 17.5 Å². The standard InChI is InChI=1S/C11H9F3N2O/c12-8-2-1-7(10(13)11(8)14)4-6-16-9(17)3-5-15/h1-2H,3-4,6H2,(H,16,17). The van der Waals surface area contributed by atoms with E-state index in [0.29, 0.717) is 0 Å². The van der Waals surface area contributed by atoms with Crippen LogP contribution in [0, 0.1) is 28.8 Å². The number of hydrogen-bond donors (Lipinski definition) is 1. The van der Waals surface area contributed by atoms with Crippen LogP contribution in [0.25, 0.3) is 0 Å². The van der Waals surface area contributed by atoms with E-state index in [1.807, 2.05) is 0 Å². The number of rotatable bonds is 4. The molecule has 0 fully saturated rings. The van der Waals surface area contributed by atoms with E-state index < -0.39 is 23.4 Å². The topological polar surface area (TPSA) is 52.9 Å². The first-order valence-corrected chi connectivity index (χ1v) is 4.82. The number of benzene rings is 1. The molecular weight excluding hydrogens is 233 g/mol. The first-order valence-electron chi connectivity index (χ1n) is 4.82. The Kier molecular flexibility index (Phi) is 4.52. The Morgan fingerprint density at radius 1 is 1.29 bits per heavy atom. The molecule has 0 saturated carbocycles. The smallest absolute Gasteiger partial charge is 0.234 e. The second-order valence-corrected chi connectivity index (χ2v) is 3.27. The third-order valence-electron chi connectivity index (χ3n) is 2.07. The molecule has 0 saturated heterocycles. The fraction of sp³-hybridized carbons (Fsp3) is 0.273. The molecule has 0 aliphatic carbocycles. The van der Waals surface area contributed by atoms with Crippen molar-refractivity contribution in [2.45, 2.75) is 12.8 Å². The maximum Gasteiger partial charge on any atom is 0.234 e. The normalized spacial score (nSPS) is 9.76. The Bertz CT molecular complexity index is 469. The molecule has 17 heavy (non-hydrogen) atoms. The van der Waals surface area contributed by atoms with E-state index in [2.05, 4.69) is 5.32 Å². The fourth-order valence-corrected chi connectivity index (χ4v) is 1.23. The van der Waals surface area contributed by atoms with Gasteiger partial charge < -0.3 is 5.32 Å². The van der Waals surface area contributed by atoms with E-state index in [4.69, 9.17) is 5.26 Å². The van der Waals surface area contributed by atoms with Gasteiger partial charge >= 0.3 is 0 Å². The molecule has 1 aromatic carbocycles. The summed E-state index contributed by atoms with van der Waals surface area (Å²) in [4.78, 5) is 10.9. The van der Waals surface area contributed by atoms with Crippen molar-refractivity contribution in [2.24, 2.45) is 0 Å². The van der Waals surface area contributed by atoms with Gasteiger partial charge in [-0.25, -0.2) is 13.2 Å². The summed E-state index contributed by atoms with van der Waals surface area (Å²) in [5.41, 5.74) is -0.0267. The van der Waals surface area contributed by atoms with Crippen LogP contribution in [0.2, 0.25) is 0 Å². The van der Waals surface area contributed by atoms with Crippen LogP contribution in [0.5, 0.6) is 0 Å². The van der Waals surface area contributed by atoms with Crippen LogP contribution in [-0.4, -0.2) is 12.5 Å². The van der Waals surface area contributed by atoms with Crippen molar-refractivity contribution in [1.82, 2.24) is 5.32 Å². The van der Waals surface area contributed by atoms with E-state index in [0.717, 1.165) is 12.1 Å². The number of nitriles is 1. The van der Waals surface area contributed by atoms with E-state index in [9.17, 15) is 18.0 Å². The van der Waals surface area contributed by atoms with E-state index in [1.54, 1.807) is 6.07 Å². The number of nitrogens with zero attached hydrogens (tertiary/aromatic N) is 1. The molecule has 1 N–H and O–H groups in total. The first kappa shape index (κ1) is 13.0. The predicted octanol–water partition coefficient (Wildman–Crippen LogP) is 1.68. The molecular formula is C11H9F3N2O. The van der Waals surface area contributed by atoms with Gasteiger partial charge in [-0.05, 0) is 18.1 Å². The third-order valence-corrected chi connectivity index (χ3v) is 2.07. The number of nitrogens with one attached hydrogen (secondary N) is 1. The molecule has 90 valence electrons. The highest BCUT2D eigenvalue weighted by Crippen LogP contribution is 2.15. The third kappa shape index (κ3) is 3.48. The van der Waals surface area contributed by atoms with Gasteiger partial charge in [0, 0.05) is 6.54 Å². The fourth-order valence-electron chi connectivity index (χ4n) is 1.23. The molecule has 0 aliphatic heterocycles. The highest BCUT2D eigenvalue weighted by molar-refractivity contribution is 5.77. The molecule has 0 unspecified atom stereocenters. The zero-order valence-corrected chi connectivity index (χ0v) is 8.77. The summed E-state index contributed by atoms with van der Waals surface area (Å²) in [5, 5.41) is 10.6. The minimum Gasteiger partial charge on any atom is -0.355 e. The summed E-state index contributed by atoms with van der Waals surface area (Å²) in [5.74, 6) is -4.51. The Morgan fingerprint density at radius 3 is 2.65 bits per heavy atom. The highest BCUT2D eigenvalue weighted by Gasteiger charge is 2.12. The molecule has 1 aromatic rings. The number of halogens is 3. The summed E-state index contributed by atoms with van der Waals surface area (Å²) in [6, 6.07) is 3.59. The highest BCUT2D eigenvalue weighted by atomic mass is 19.2. The lowest BCUT2D eigenvalue weighted by Gasteiger charge is -2.05. The van der Waals surface area contributed by atoms with E-state index in [-0.39, 0.29) is 24.9 Å². The van der Waals surface area contributed by atoms with Crippen molar-refractivity contribution >= 4 is 5.91 Å². The van der Waals surface area contributed by atoms with Gasteiger partial charge in [-0.2, -0.15) is 5.26 Å². The molecule has 0 bridgehead atoms. The quantitative estimate of drug-likeness (QED) is 0.816. The summed E-state index contributed by atoms with van der Waals surface area (Å²) >= 11 is 0.